The molecule has 0 aliphatic rings. The van der Waals surface area contributed by atoms with E-state index in [9.17, 15) is 9.90 Å². The number of hydrogen-bond donors (Lipinski definition) is 2. The van der Waals surface area contributed by atoms with Gasteiger partial charge in [-0.15, -0.1) is 0 Å². The first kappa shape index (κ1) is 13.5. The highest BCUT2D eigenvalue weighted by Crippen LogP contribution is 2.22. The summed E-state index contributed by atoms with van der Waals surface area (Å²) in [4.78, 5) is 11.4. The summed E-state index contributed by atoms with van der Waals surface area (Å²) in [6.45, 7) is 5.25. The van der Waals surface area contributed by atoms with Crippen LogP contribution in [-0.4, -0.2) is 23.1 Å². The zero-order valence-corrected chi connectivity index (χ0v) is 10.5. The summed E-state index contributed by atoms with van der Waals surface area (Å²) >= 11 is 0. The van der Waals surface area contributed by atoms with E-state index in [1.807, 2.05) is 0 Å². The summed E-state index contributed by atoms with van der Waals surface area (Å²) in [5.41, 5.74) is 5.85. The highest BCUT2D eigenvalue weighted by molar-refractivity contribution is 5.97. The Hall–Kier alpha value is -1.55. The highest BCUT2D eigenvalue weighted by Gasteiger charge is 2.14. The van der Waals surface area contributed by atoms with Crippen molar-refractivity contribution in [2.75, 3.05) is 12.3 Å². The molecule has 4 heteroatoms. The Morgan fingerprint density at radius 2 is 2.12 bits per heavy atom. The molecule has 0 amide bonds. The summed E-state index contributed by atoms with van der Waals surface area (Å²) < 4.78 is 5.49. The molecule has 94 valence electrons. The number of aliphatic hydroxyl groups is 1. The van der Waals surface area contributed by atoms with Gasteiger partial charge in [-0.3, -0.25) is 4.79 Å². The third-order valence-electron chi connectivity index (χ3n) is 2.35. The number of Topliss-reactive ketones (excluding diaryl/α,β-unsaturated/α-hetero) is 1. The van der Waals surface area contributed by atoms with Crippen LogP contribution in [0.4, 0.5) is 5.69 Å². The Morgan fingerprint density at radius 1 is 1.47 bits per heavy atom. The molecule has 1 aromatic rings. The van der Waals surface area contributed by atoms with E-state index in [1.165, 1.54) is 6.92 Å². The van der Waals surface area contributed by atoms with Crippen LogP contribution in [0.3, 0.4) is 0 Å². The fraction of sp³-hybridized carbons (Fsp3) is 0.462. The van der Waals surface area contributed by atoms with Crippen LogP contribution in [0.2, 0.25) is 0 Å². The van der Waals surface area contributed by atoms with Crippen LogP contribution in [0.15, 0.2) is 18.2 Å². The highest BCUT2D eigenvalue weighted by atomic mass is 16.5. The Balaban J connectivity index is 2.74. The van der Waals surface area contributed by atoms with Gasteiger partial charge in [-0.25, -0.2) is 0 Å². The van der Waals surface area contributed by atoms with Crippen molar-refractivity contribution in [3.05, 3.63) is 23.8 Å². The molecule has 4 nitrogen and oxygen atoms in total. The van der Waals surface area contributed by atoms with Gasteiger partial charge in [0.1, 0.15) is 5.75 Å². The van der Waals surface area contributed by atoms with E-state index in [0.29, 0.717) is 30.0 Å². The maximum Gasteiger partial charge on any atom is 0.163 e. The van der Waals surface area contributed by atoms with E-state index in [1.54, 1.807) is 32.0 Å². The number of rotatable bonds is 5. The standard InChI is InChI=1S/C13H19NO3/c1-9(15)11-8-10(14)4-5-12(11)17-7-6-13(2,3)16/h4-5,8,16H,6-7,14H2,1-3H3. The summed E-state index contributed by atoms with van der Waals surface area (Å²) in [5.74, 6) is 0.423. The van der Waals surface area contributed by atoms with Crippen molar-refractivity contribution >= 4 is 11.5 Å². The minimum Gasteiger partial charge on any atom is -0.493 e. The van der Waals surface area contributed by atoms with Crippen molar-refractivity contribution in [1.82, 2.24) is 0 Å². The summed E-state index contributed by atoms with van der Waals surface area (Å²) in [6, 6.07) is 4.96. The number of hydrogen-bond acceptors (Lipinski definition) is 4. The molecular weight excluding hydrogens is 218 g/mol. The zero-order valence-electron chi connectivity index (χ0n) is 10.5. The van der Waals surface area contributed by atoms with Crippen LogP contribution in [-0.2, 0) is 0 Å². The van der Waals surface area contributed by atoms with Gasteiger partial charge in [-0.05, 0) is 39.0 Å². The van der Waals surface area contributed by atoms with E-state index < -0.39 is 5.60 Å². The van der Waals surface area contributed by atoms with Gasteiger partial charge in [-0.2, -0.15) is 0 Å². The molecule has 0 aliphatic carbocycles. The molecule has 3 N–H and O–H groups in total. The number of ether oxygens (including phenoxy) is 1. The molecule has 0 aliphatic heterocycles. The molecule has 0 saturated carbocycles. The van der Waals surface area contributed by atoms with E-state index in [2.05, 4.69) is 0 Å². The van der Waals surface area contributed by atoms with Gasteiger partial charge in [0.2, 0.25) is 0 Å². The van der Waals surface area contributed by atoms with Crippen LogP contribution >= 0.6 is 0 Å². The predicted octanol–water partition coefficient (Wildman–Crippen LogP) is 2.01. The van der Waals surface area contributed by atoms with Crippen molar-refractivity contribution in [2.24, 2.45) is 0 Å². The average molecular weight is 237 g/mol. The molecule has 0 aromatic heterocycles. The Bertz CT molecular complexity index is 408. The first-order valence-electron chi connectivity index (χ1n) is 5.55. The largest absolute Gasteiger partial charge is 0.493 e. The van der Waals surface area contributed by atoms with Gasteiger partial charge in [0.05, 0.1) is 17.8 Å². The molecule has 0 atom stereocenters. The van der Waals surface area contributed by atoms with Crippen LogP contribution in [0, 0.1) is 0 Å². The Kier molecular flexibility index (Phi) is 4.12. The molecule has 17 heavy (non-hydrogen) atoms. The summed E-state index contributed by atoms with van der Waals surface area (Å²) in [5, 5.41) is 9.55. The molecule has 0 radical (unpaired) electrons. The first-order valence-corrected chi connectivity index (χ1v) is 5.55. The van der Waals surface area contributed by atoms with Crippen molar-refractivity contribution < 1.29 is 14.6 Å². The molecule has 0 spiro atoms. The van der Waals surface area contributed by atoms with Gasteiger partial charge in [0, 0.05) is 12.1 Å². The number of benzene rings is 1. The maximum absolute atomic E-state index is 11.4. The molecule has 1 rings (SSSR count). The maximum atomic E-state index is 11.4. The van der Waals surface area contributed by atoms with Crippen LogP contribution in [0.5, 0.6) is 5.75 Å². The second-order valence-corrected chi connectivity index (χ2v) is 4.72. The SMILES string of the molecule is CC(=O)c1cc(N)ccc1OCCC(C)(C)O. The molecule has 0 heterocycles. The third kappa shape index (κ3) is 4.44. The summed E-state index contributed by atoms with van der Waals surface area (Å²) in [7, 11) is 0. The topological polar surface area (TPSA) is 72.6 Å². The van der Waals surface area contributed by atoms with Crippen LogP contribution in [0.1, 0.15) is 37.6 Å². The second-order valence-electron chi connectivity index (χ2n) is 4.72. The van der Waals surface area contributed by atoms with Crippen molar-refractivity contribution in [1.29, 1.82) is 0 Å². The fourth-order valence-electron chi connectivity index (χ4n) is 1.36. The van der Waals surface area contributed by atoms with E-state index >= 15 is 0 Å². The molecule has 0 saturated heterocycles. The average Bonchev–Trinajstić information content (AvgIpc) is 2.18. The Labute approximate surface area is 101 Å². The number of nitrogen functional groups attached to an aromatic ring is 1. The molecule has 1 aromatic carbocycles. The van der Waals surface area contributed by atoms with Gasteiger partial charge in [0.25, 0.3) is 0 Å². The summed E-state index contributed by atoms with van der Waals surface area (Å²) in [6.07, 6.45) is 0.495. The van der Waals surface area contributed by atoms with Crippen LogP contribution in [0.25, 0.3) is 0 Å². The van der Waals surface area contributed by atoms with Crippen molar-refractivity contribution in [3.63, 3.8) is 0 Å². The molecule has 0 fully saturated rings. The van der Waals surface area contributed by atoms with Gasteiger partial charge in [0.15, 0.2) is 5.78 Å². The van der Waals surface area contributed by atoms with E-state index in [4.69, 9.17) is 10.5 Å². The number of ketones is 1. The van der Waals surface area contributed by atoms with Gasteiger partial charge in [-0.1, -0.05) is 0 Å². The lowest BCUT2D eigenvalue weighted by Crippen LogP contribution is -2.22. The lowest BCUT2D eigenvalue weighted by Gasteiger charge is -2.18. The van der Waals surface area contributed by atoms with Crippen molar-refractivity contribution in [3.8, 4) is 5.75 Å². The number of anilines is 1. The predicted molar refractivity (Wildman–Crippen MR) is 67.3 cm³/mol. The Morgan fingerprint density at radius 3 is 2.65 bits per heavy atom. The lowest BCUT2D eigenvalue weighted by atomic mass is 10.1. The number of nitrogens with two attached hydrogens (primary N) is 1. The van der Waals surface area contributed by atoms with Gasteiger partial charge < -0.3 is 15.6 Å². The smallest absolute Gasteiger partial charge is 0.163 e. The number of carbonyl (C=O) groups excluding carboxylic acids is 1. The molecule has 0 unspecified atom stereocenters. The van der Waals surface area contributed by atoms with Gasteiger partial charge >= 0.3 is 0 Å². The van der Waals surface area contributed by atoms with E-state index in [0.717, 1.165) is 0 Å². The fourth-order valence-corrected chi connectivity index (χ4v) is 1.36. The minimum atomic E-state index is -0.774. The minimum absolute atomic E-state index is 0.0874. The first-order chi connectivity index (χ1) is 7.79. The normalized spacial score (nSPS) is 11.3. The van der Waals surface area contributed by atoms with Crippen LogP contribution < -0.4 is 10.5 Å². The quantitative estimate of drug-likeness (QED) is 0.607. The van der Waals surface area contributed by atoms with Crippen molar-refractivity contribution in [2.45, 2.75) is 32.8 Å². The molecule has 0 bridgehead atoms. The number of carbonyl (C=O) groups is 1. The molecular formula is C13H19NO3. The van der Waals surface area contributed by atoms with E-state index in [-0.39, 0.29) is 5.78 Å². The third-order valence-corrected chi connectivity index (χ3v) is 2.35. The monoisotopic (exact) mass is 237 g/mol. The second kappa shape index (κ2) is 5.19. The zero-order chi connectivity index (χ0) is 13.1. The lowest BCUT2D eigenvalue weighted by molar-refractivity contribution is 0.0552.